The van der Waals surface area contributed by atoms with Crippen molar-refractivity contribution in [3.8, 4) is 0 Å². The molecule has 0 amide bonds. The van der Waals surface area contributed by atoms with Gasteiger partial charge in [0.1, 0.15) is 16.9 Å². The molecule has 3 N–H and O–H groups in total. The number of para-hydroxylation sites is 1. The molecule has 0 aliphatic carbocycles. The molecule has 0 saturated carbocycles. The normalized spacial score (nSPS) is 12.5. The van der Waals surface area contributed by atoms with E-state index in [0.717, 1.165) is 5.39 Å². The standard InChI is InChI=1S/C17H21N3O4/c1-17(9-21,10-22)8-20(2)7-13-18-14-11-5-3-4-6-12(11)24-15(14)16(23)19-13/h3-6,21-22H,7-10H2,1-2H3,(H,18,19,23). The van der Waals surface area contributed by atoms with Crippen molar-refractivity contribution in [3.63, 3.8) is 0 Å². The van der Waals surface area contributed by atoms with E-state index >= 15 is 0 Å². The molecule has 0 aliphatic heterocycles. The number of furan rings is 1. The van der Waals surface area contributed by atoms with Gasteiger partial charge in [0.15, 0.2) is 0 Å². The molecule has 1 aromatic carbocycles. The van der Waals surface area contributed by atoms with E-state index in [-0.39, 0.29) is 24.4 Å². The number of H-pyrrole nitrogens is 1. The molecule has 7 heteroatoms. The van der Waals surface area contributed by atoms with Gasteiger partial charge in [-0.15, -0.1) is 0 Å². The Morgan fingerprint density at radius 2 is 2.00 bits per heavy atom. The maximum absolute atomic E-state index is 12.3. The van der Waals surface area contributed by atoms with Gasteiger partial charge in [0.25, 0.3) is 5.56 Å². The van der Waals surface area contributed by atoms with Crippen LogP contribution in [0.2, 0.25) is 0 Å². The monoisotopic (exact) mass is 331 g/mol. The van der Waals surface area contributed by atoms with Crippen molar-refractivity contribution in [1.82, 2.24) is 14.9 Å². The fourth-order valence-electron chi connectivity index (χ4n) is 2.84. The summed E-state index contributed by atoms with van der Waals surface area (Å²) in [5.41, 5.74) is 0.473. The minimum Gasteiger partial charge on any atom is -0.449 e. The lowest BCUT2D eigenvalue weighted by Gasteiger charge is -2.29. The van der Waals surface area contributed by atoms with Crippen molar-refractivity contribution < 1.29 is 14.6 Å². The number of fused-ring (bicyclic) bond motifs is 3. The van der Waals surface area contributed by atoms with Gasteiger partial charge in [-0.05, 0) is 19.2 Å². The zero-order chi connectivity index (χ0) is 17.3. The first kappa shape index (κ1) is 16.6. The third-order valence-electron chi connectivity index (χ3n) is 4.11. The number of benzene rings is 1. The lowest BCUT2D eigenvalue weighted by atomic mass is 9.92. The first-order valence-corrected chi connectivity index (χ1v) is 7.76. The first-order valence-electron chi connectivity index (χ1n) is 7.76. The Hall–Kier alpha value is -2.22. The maximum atomic E-state index is 12.3. The van der Waals surface area contributed by atoms with E-state index in [1.807, 2.05) is 30.1 Å². The average molecular weight is 331 g/mol. The summed E-state index contributed by atoms with van der Waals surface area (Å²) in [6.45, 7) is 2.41. The molecule has 128 valence electrons. The molecular formula is C17H21N3O4. The van der Waals surface area contributed by atoms with Gasteiger partial charge >= 0.3 is 0 Å². The summed E-state index contributed by atoms with van der Waals surface area (Å²) in [6.07, 6.45) is 0. The molecule has 0 spiro atoms. The van der Waals surface area contributed by atoms with Crippen LogP contribution >= 0.6 is 0 Å². The van der Waals surface area contributed by atoms with Crippen LogP contribution in [0.3, 0.4) is 0 Å². The van der Waals surface area contributed by atoms with Crippen LogP contribution in [-0.2, 0) is 6.54 Å². The second kappa shape index (κ2) is 6.35. The number of aliphatic hydroxyl groups is 2. The highest BCUT2D eigenvalue weighted by Crippen LogP contribution is 2.24. The number of aromatic nitrogens is 2. The van der Waals surface area contributed by atoms with Gasteiger partial charge in [-0.1, -0.05) is 19.1 Å². The zero-order valence-electron chi connectivity index (χ0n) is 13.7. The van der Waals surface area contributed by atoms with Gasteiger partial charge in [-0.2, -0.15) is 0 Å². The molecule has 0 unspecified atom stereocenters. The quantitative estimate of drug-likeness (QED) is 0.625. The van der Waals surface area contributed by atoms with Crippen molar-refractivity contribution in [3.05, 3.63) is 40.4 Å². The van der Waals surface area contributed by atoms with Crippen molar-refractivity contribution in [2.45, 2.75) is 13.5 Å². The largest absolute Gasteiger partial charge is 0.449 e. The van der Waals surface area contributed by atoms with E-state index in [1.54, 1.807) is 13.0 Å². The van der Waals surface area contributed by atoms with Gasteiger partial charge in [-0.3, -0.25) is 9.69 Å². The Bertz CT molecular complexity index is 911. The fourth-order valence-corrected chi connectivity index (χ4v) is 2.84. The highest BCUT2D eigenvalue weighted by molar-refractivity contribution is 6.01. The molecular weight excluding hydrogens is 310 g/mol. The predicted molar refractivity (Wildman–Crippen MR) is 90.7 cm³/mol. The maximum Gasteiger partial charge on any atom is 0.294 e. The fraction of sp³-hybridized carbons (Fsp3) is 0.412. The smallest absolute Gasteiger partial charge is 0.294 e. The lowest BCUT2D eigenvalue weighted by molar-refractivity contribution is 0.0396. The summed E-state index contributed by atoms with van der Waals surface area (Å²) in [7, 11) is 1.85. The van der Waals surface area contributed by atoms with Crippen LogP contribution in [0.5, 0.6) is 0 Å². The molecule has 0 fully saturated rings. The molecule has 0 bridgehead atoms. The van der Waals surface area contributed by atoms with Gasteiger partial charge in [0.2, 0.25) is 5.58 Å². The van der Waals surface area contributed by atoms with Crippen LogP contribution in [0.15, 0.2) is 33.5 Å². The minimum absolute atomic E-state index is 0.122. The Balaban J connectivity index is 1.93. The van der Waals surface area contributed by atoms with Crippen LogP contribution in [0.1, 0.15) is 12.7 Å². The molecule has 3 rings (SSSR count). The van der Waals surface area contributed by atoms with Crippen molar-refractivity contribution in [2.24, 2.45) is 5.41 Å². The third-order valence-corrected chi connectivity index (χ3v) is 4.11. The number of aromatic amines is 1. The van der Waals surface area contributed by atoms with Crippen LogP contribution in [0.4, 0.5) is 0 Å². The molecule has 24 heavy (non-hydrogen) atoms. The molecule has 0 saturated heterocycles. The Labute approximate surface area is 138 Å². The summed E-state index contributed by atoms with van der Waals surface area (Å²) in [5.74, 6) is 0.514. The van der Waals surface area contributed by atoms with Gasteiger partial charge in [-0.25, -0.2) is 4.98 Å². The molecule has 0 radical (unpaired) electrons. The van der Waals surface area contributed by atoms with Gasteiger partial charge in [0.05, 0.1) is 19.8 Å². The SMILES string of the molecule is CN(Cc1nc2c(oc3ccccc32)c(=O)[nH]1)CC(C)(CO)CO. The van der Waals surface area contributed by atoms with E-state index in [9.17, 15) is 15.0 Å². The Kier molecular flexibility index (Phi) is 4.40. The zero-order valence-corrected chi connectivity index (χ0v) is 13.7. The molecule has 7 nitrogen and oxygen atoms in total. The Morgan fingerprint density at radius 3 is 2.71 bits per heavy atom. The van der Waals surface area contributed by atoms with Gasteiger partial charge < -0.3 is 19.6 Å². The molecule has 3 aromatic rings. The average Bonchev–Trinajstić information content (AvgIpc) is 2.94. The predicted octanol–water partition coefficient (Wildman–Crippen LogP) is 1.09. The first-order chi connectivity index (χ1) is 11.5. The topological polar surface area (TPSA) is 103 Å². The molecule has 0 atom stereocenters. The van der Waals surface area contributed by atoms with Crippen molar-refractivity contribution in [2.75, 3.05) is 26.8 Å². The van der Waals surface area contributed by atoms with E-state index in [2.05, 4.69) is 9.97 Å². The number of hydrogen-bond donors (Lipinski definition) is 3. The van der Waals surface area contributed by atoms with E-state index in [0.29, 0.717) is 30.0 Å². The van der Waals surface area contributed by atoms with E-state index in [1.165, 1.54) is 0 Å². The number of aliphatic hydroxyl groups excluding tert-OH is 2. The summed E-state index contributed by atoms with van der Waals surface area (Å²) in [6, 6.07) is 7.39. The number of nitrogens with one attached hydrogen (secondary N) is 1. The summed E-state index contributed by atoms with van der Waals surface area (Å²) in [5, 5.41) is 19.6. The summed E-state index contributed by atoms with van der Waals surface area (Å²) >= 11 is 0. The number of rotatable bonds is 6. The van der Waals surface area contributed by atoms with Crippen LogP contribution in [0, 0.1) is 5.41 Å². The summed E-state index contributed by atoms with van der Waals surface area (Å²) < 4.78 is 5.57. The van der Waals surface area contributed by atoms with Crippen LogP contribution in [0.25, 0.3) is 22.1 Å². The van der Waals surface area contributed by atoms with Crippen molar-refractivity contribution >= 4 is 22.1 Å². The van der Waals surface area contributed by atoms with Gasteiger partial charge in [0, 0.05) is 17.3 Å². The second-order valence-electron chi connectivity index (χ2n) is 6.59. The summed E-state index contributed by atoms with van der Waals surface area (Å²) in [4.78, 5) is 21.4. The molecule has 2 heterocycles. The number of nitrogens with zero attached hydrogens (tertiary/aromatic N) is 2. The van der Waals surface area contributed by atoms with Crippen LogP contribution in [-0.4, -0.2) is 51.9 Å². The van der Waals surface area contributed by atoms with Crippen molar-refractivity contribution in [1.29, 1.82) is 0 Å². The molecule has 2 aromatic heterocycles. The minimum atomic E-state index is -0.610. The highest BCUT2D eigenvalue weighted by Gasteiger charge is 2.25. The lowest BCUT2D eigenvalue weighted by Crippen LogP contribution is -2.39. The second-order valence-corrected chi connectivity index (χ2v) is 6.59. The Morgan fingerprint density at radius 1 is 1.29 bits per heavy atom. The van der Waals surface area contributed by atoms with Crippen LogP contribution < -0.4 is 5.56 Å². The van der Waals surface area contributed by atoms with E-state index in [4.69, 9.17) is 4.42 Å². The highest BCUT2D eigenvalue weighted by atomic mass is 16.3. The number of hydrogen-bond acceptors (Lipinski definition) is 6. The van der Waals surface area contributed by atoms with E-state index < -0.39 is 5.41 Å². The molecule has 0 aliphatic rings. The third kappa shape index (κ3) is 3.06.